The molecule has 1 aliphatic rings. The van der Waals surface area contributed by atoms with Crippen LogP contribution in [0.25, 0.3) is 0 Å². The van der Waals surface area contributed by atoms with Crippen molar-refractivity contribution >= 4 is 11.6 Å². The highest BCUT2D eigenvalue weighted by molar-refractivity contribution is 6.31. The Morgan fingerprint density at radius 3 is 2.60 bits per heavy atom. The van der Waals surface area contributed by atoms with E-state index >= 15 is 0 Å². The number of rotatable bonds is 4. The van der Waals surface area contributed by atoms with Gasteiger partial charge in [0.1, 0.15) is 0 Å². The molecule has 0 heterocycles. The maximum atomic E-state index is 6.15. The van der Waals surface area contributed by atoms with Gasteiger partial charge in [-0.15, -0.1) is 0 Å². The minimum Gasteiger partial charge on any atom is -0.330 e. The predicted molar refractivity (Wildman–Crippen MR) is 65.0 cm³/mol. The van der Waals surface area contributed by atoms with Gasteiger partial charge in [0.15, 0.2) is 0 Å². The SMILES string of the molecule is NCC(Cc1ccccc1Cl)C1CCC1. The van der Waals surface area contributed by atoms with Crippen LogP contribution in [-0.4, -0.2) is 6.54 Å². The van der Waals surface area contributed by atoms with Gasteiger partial charge < -0.3 is 5.73 Å². The second-order valence-electron chi connectivity index (χ2n) is 4.48. The molecule has 2 N–H and O–H groups in total. The molecule has 1 nitrogen and oxygen atoms in total. The van der Waals surface area contributed by atoms with Crippen molar-refractivity contribution in [1.82, 2.24) is 0 Å². The molecule has 0 aromatic heterocycles. The summed E-state index contributed by atoms with van der Waals surface area (Å²) in [6.45, 7) is 0.788. The molecule has 2 rings (SSSR count). The lowest BCUT2D eigenvalue weighted by molar-refractivity contribution is 0.209. The van der Waals surface area contributed by atoms with E-state index in [0.29, 0.717) is 5.92 Å². The second kappa shape index (κ2) is 5.00. The minimum atomic E-state index is 0.624. The van der Waals surface area contributed by atoms with Gasteiger partial charge in [0.2, 0.25) is 0 Å². The molecule has 0 saturated heterocycles. The van der Waals surface area contributed by atoms with Crippen molar-refractivity contribution in [3.8, 4) is 0 Å². The van der Waals surface area contributed by atoms with Crippen molar-refractivity contribution < 1.29 is 0 Å². The number of hydrogen-bond donors (Lipinski definition) is 1. The normalized spacial score (nSPS) is 18.5. The molecule has 0 aliphatic heterocycles. The number of halogens is 1. The first-order chi connectivity index (χ1) is 7.31. The van der Waals surface area contributed by atoms with E-state index in [9.17, 15) is 0 Å². The number of hydrogen-bond acceptors (Lipinski definition) is 1. The van der Waals surface area contributed by atoms with Gasteiger partial charge in [0.05, 0.1) is 0 Å². The van der Waals surface area contributed by atoms with Gasteiger partial charge in [-0.2, -0.15) is 0 Å². The molecule has 1 saturated carbocycles. The Kier molecular flexibility index (Phi) is 3.66. The molecule has 2 heteroatoms. The topological polar surface area (TPSA) is 26.0 Å². The average molecular weight is 224 g/mol. The zero-order valence-electron chi connectivity index (χ0n) is 8.95. The van der Waals surface area contributed by atoms with E-state index in [1.54, 1.807) is 0 Å². The van der Waals surface area contributed by atoms with Gasteiger partial charge in [-0.05, 0) is 36.4 Å². The minimum absolute atomic E-state index is 0.624. The lowest BCUT2D eigenvalue weighted by Gasteiger charge is -2.33. The van der Waals surface area contributed by atoms with Crippen LogP contribution in [0.15, 0.2) is 24.3 Å². The molecular weight excluding hydrogens is 206 g/mol. The third-order valence-electron chi connectivity index (χ3n) is 3.56. The van der Waals surface area contributed by atoms with Crippen molar-refractivity contribution in [2.24, 2.45) is 17.6 Å². The third-order valence-corrected chi connectivity index (χ3v) is 3.93. The number of benzene rings is 1. The fraction of sp³-hybridized carbons (Fsp3) is 0.538. The maximum Gasteiger partial charge on any atom is 0.0438 e. The van der Waals surface area contributed by atoms with Gasteiger partial charge in [0, 0.05) is 5.02 Å². The van der Waals surface area contributed by atoms with Crippen LogP contribution < -0.4 is 5.73 Å². The first-order valence-corrected chi connectivity index (χ1v) is 6.12. The van der Waals surface area contributed by atoms with Gasteiger partial charge in [-0.3, -0.25) is 0 Å². The highest BCUT2D eigenvalue weighted by Gasteiger charge is 2.26. The summed E-state index contributed by atoms with van der Waals surface area (Å²) in [5.74, 6) is 1.46. The Balaban J connectivity index is 2.02. The molecule has 0 radical (unpaired) electrons. The summed E-state index contributed by atoms with van der Waals surface area (Å²) < 4.78 is 0. The molecule has 1 aromatic carbocycles. The molecule has 82 valence electrons. The van der Waals surface area contributed by atoms with Crippen LogP contribution in [0.2, 0.25) is 5.02 Å². The second-order valence-corrected chi connectivity index (χ2v) is 4.89. The summed E-state index contributed by atoms with van der Waals surface area (Å²) in [6, 6.07) is 8.11. The molecule has 0 spiro atoms. The Morgan fingerprint density at radius 2 is 2.07 bits per heavy atom. The molecule has 0 amide bonds. The highest BCUT2D eigenvalue weighted by Crippen LogP contribution is 2.35. The molecule has 1 aromatic rings. The van der Waals surface area contributed by atoms with Crippen molar-refractivity contribution in [3.05, 3.63) is 34.9 Å². The summed E-state index contributed by atoms with van der Waals surface area (Å²) in [5.41, 5.74) is 7.09. The van der Waals surface area contributed by atoms with Crippen LogP contribution in [0, 0.1) is 11.8 Å². The monoisotopic (exact) mass is 223 g/mol. The van der Waals surface area contributed by atoms with Crippen LogP contribution in [0.5, 0.6) is 0 Å². The van der Waals surface area contributed by atoms with Crippen molar-refractivity contribution in [2.75, 3.05) is 6.54 Å². The van der Waals surface area contributed by atoms with E-state index in [1.807, 2.05) is 12.1 Å². The Labute approximate surface area is 96.6 Å². The zero-order chi connectivity index (χ0) is 10.7. The Bertz CT molecular complexity index is 320. The molecular formula is C13H18ClN. The average Bonchev–Trinajstić information content (AvgIpc) is 2.17. The Hall–Kier alpha value is -0.530. The van der Waals surface area contributed by atoms with Crippen molar-refractivity contribution in [2.45, 2.75) is 25.7 Å². The van der Waals surface area contributed by atoms with Crippen molar-refractivity contribution in [1.29, 1.82) is 0 Å². The van der Waals surface area contributed by atoms with Crippen LogP contribution in [-0.2, 0) is 6.42 Å². The fourth-order valence-corrected chi connectivity index (χ4v) is 2.51. The highest BCUT2D eigenvalue weighted by atomic mass is 35.5. The molecule has 15 heavy (non-hydrogen) atoms. The lowest BCUT2D eigenvalue weighted by Crippen LogP contribution is -2.30. The van der Waals surface area contributed by atoms with Gasteiger partial charge in [0.25, 0.3) is 0 Å². The van der Waals surface area contributed by atoms with Crippen molar-refractivity contribution in [3.63, 3.8) is 0 Å². The van der Waals surface area contributed by atoms with Crippen LogP contribution in [0.3, 0.4) is 0 Å². The number of nitrogens with two attached hydrogens (primary N) is 1. The van der Waals surface area contributed by atoms with Crippen LogP contribution >= 0.6 is 11.6 Å². The molecule has 0 bridgehead atoms. The third kappa shape index (κ3) is 2.53. The van der Waals surface area contributed by atoms with Gasteiger partial charge >= 0.3 is 0 Å². The first-order valence-electron chi connectivity index (χ1n) is 5.74. The fourth-order valence-electron chi connectivity index (χ4n) is 2.30. The summed E-state index contributed by atoms with van der Waals surface area (Å²) in [4.78, 5) is 0. The quantitative estimate of drug-likeness (QED) is 0.833. The largest absolute Gasteiger partial charge is 0.330 e. The van der Waals surface area contributed by atoms with E-state index in [4.69, 9.17) is 17.3 Å². The Morgan fingerprint density at radius 1 is 1.33 bits per heavy atom. The summed E-state index contributed by atoms with van der Waals surface area (Å²) in [5, 5.41) is 0.885. The predicted octanol–water partition coefficient (Wildman–Crippen LogP) is 3.26. The van der Waals surface area contributed by atoms with Crippen LogP contribution in [0.1, 0.15) is 24.8 Å². The van der Waals surface area contributed by atoms with E-state index in [0.717, 1.165) is 23.9 Å². The van der Waals surface area contributed by atoms with E-state index in [-0.39, 0.29) is 0 Å². The summed E-state index contributed by atoms with van der Waals surface area (Å²) in [6.07, 6.45) is 5.13. The van der Waals surface area contributed by atoms with Crippen LogP contribution in [0.4, 0.5) is 0 Å². The van der Waals surface area contributed by atoms with E-state index in [1.165, 1.54) is 24.8 Å². The van der Waals surface area contributed by atoms with Gasteiger partial charge in [-0.25, -0.2) is 0 Å². The van der Waals surface area contributed by atoms with E-state index in [2.05, 4.69) is 12.1 Å². The zero-order valence-corrected chi connectivity index (χ0v) is 9.71. The summed E-state index contributed by atoms with van der Waals surface area (Å²) >= 11 is 6.15. The lowest BCUT2D eigenvalue weighted by atomic mass is 9.73. The smallest absolute Gasteiger partial charge is 0.0438 e. The molecule has 1 unspecified atom stereocenters. The molecule has 1 aliphatic carbocycles. The standard InChI is InChI=1S/C13H18ClN/c14-13-7-2-1-4-11(13)8-12(9-15)10-5-3-6-10/h1-2,4,7,10,12H,3,5-6,8-9,15H2. The maximum absolute atomic E-state index is 6.15. The first kappa shape index (κ1) is 11.0. The summed E-state index contributed by atoms with van der Waals surface area (Å²) in [7, 11) is 0. The van der Waals surface area contributed by atoms with E-state index < -0.39 is 0 Å². The molecule has 1 fully saturated rings. The van der Waals surface area contributed by atoms with Gasteiger partial charge in [-0.1, -0.05) is 49.1 Å². The molecule has 1 atom stereocenters.